The van der Waals surface area contributed by atoms with Gasteiger partial charge in [0.15, 0.2) is 0 Å². The lowest BCUT2D eigenvalue weighted by Crippen LogP contribution is -2.17. The maximum atomic E-state index is 4.30. The number of hydrogen-bond donors (Lipinski definition) is 1. The summed E-state index contributed by atoms with van der Waals surface area (Å²) >= 11 is 8.70. The fourth-order valence-electron chi connectivity index (χ4n) is 1.98. The van der Waals surface area contributed by atoms with Crippen molar-refractivity contribution in [2.45, 2.75) is 31.7 Å². The van der Waals surface area contributed by atoms with Crippen LogP contribution in [0.15, 0.2) is 27.1 Å². The van der Waals surface area contributed by atoms with Gasteiger partial charge in [-0.05, 0) is 44.0 Å². The number of aromatic nitrogens is 2. The fourth-order valence-corrected chi connectivity index (χ4v) is 4.14. The van der Waals surface area contributed by atoms with Gasteiger partial charge in [0.25, 0.3) is 0 Å². The number of nitrogens with one attached hydrogen (secondary N) is 1. The predicted octanol–water partition coefficient (Wildman–Crippen LogP) is 4.41. The Morgan fingerprint density at radius 2 is 1.90 bits per heavy atom. The lowest BCUT2D eigenvalue weighted by Gasteiger charge is -2.00. The monoisotopic (exact) mass is 415 g/mol. The Hall–Kier alpha value is -0.300. The van der Waals surface area contributed by atoms with Crippen LogP contribution in [0.2, 0.25) is 0 Å². The van der Waals surface area contributed by atoms with Crippen molar-refractivity contribution in [1.29, 1.82) is 0 Å². The molecule has 106 valence electrons. The van der Waals surface area contributed by atoms with E-state index in [1.54, 1.807) is 11.3 Å². The van der Waals surface area contributed by atoms with Crippen molar-refractivity contribution in [3.05, 3.63) is 32.2 Å². The van der Waals surface area contributed by atoms with Crippen molar-refractivity contribution < 1.29 is 0 Å². The molecule has 0 aliphatic heterocycles. The summed E-state index contributed by atoms with van der Waals surface area (Å²) in [7, 11) is 0. The minimum absolute atomic E-state index is 0.791. The molecule has 1 heterocycles. The van der Waals surface area contributed by atoms with Gasteiger partial charge in [0.2, 0.25) is 0 Å². The Balaban J connectivity index is 1.60. The van der Waals surface area contributed by atoms with E-state index in [1.165, 1.54) is 12.8 Å². The van der Waals surface area contributed by atoms with Crippen LogP contribution in [-0.4, -0.2) is 22.8 Å². The summed E-state index contributed by atoms with van der Waals surface area (Å²) in [5, 5.41) is 14.2. The van der Waals surface area contributed by atoms with Crippen molar-refractivity contribution in [2.24, 2.45) is 0 Å². The molecule has 0 atom stereocenters. The molecule has 1 N–H and O–H groups in total. The topological polar surface area (TPSA) is 37.8 Å². The highest BCUT2D eigenvalue weighted by Crippen LogP contribution is 2.30. The van der Waals surface area contributed by atoms with Gasteiger partial charge < -0.3 is 5.32 Å². The summed E-state index contributed by atoms with van der Waals surface area (Å²) < 4.78 is 2.10. The molecular weight excluding hydrogens is 402 g/mol. The van der Waals surface area contributed by atoms with E-state index < -0.39 is 0 Å². The molecule has 1 aromatic carbocycles. The Bertz CT molecular complexity index is 576. The maximum Gasteiger partial charge on any atom is 0.147 e. The van der Waals surface area contributed by atoms with Crippen molar-refractivity contribution in [2.75, 3.05) is 6.54 Å². The normalized spacial score (nSPS) is 14.7. The van der Waals surface area contributed by atoms with Crippen LogP contribution in [-0.2, 0) is 6.42 Å². The van der Waals surface area contributed by atoms with Crippen LogP contribution in [0, 0.1) is 0 Å². The minimum atomic E-state index is 0.791. The summed E-state index contributed by atoms with van der Waals surface area (Å²) in [6, 6.07) is 6.96. The van der Waals surface area contributed by atoms with Gasteiger partial charge in [0.1, 0.15) is 10.0 Å². The van der Waals surface area contributed by atoms with E-state index in [2.05, 4.69) is 59.5 Å². The molecule has 1 fully saturated rings. The Kier molecular flexibility index (Phi) is 4.86. The molecule has 0 saturated heterocycles. The molecule has 20 heavy (non-hydrogen) atoms. The molecule has 1 aliphatic rings. The highest BCUT2D eigenvalue weighted by molar-refractivity contribution is 9.11. The second-order valence-corrected chi connectivity index (χ2v) is 7.88. The van der Waals surface area contributed by atoms with Gasteiger partial charge in [-0.3, -0.25) is 0 Å². The molecule has 1 aromatic heterocycles. The second-order valence-electron chi connectivity index (χ2n) is 4.99. The first-order valence-electron chi connectivity index (χ1n) is 6.73. The fraction of sp³-hybridized carbons (Fsp3) is 0.429. The number of rotatable bonds is 6. The molecule has 6 heteroatoms. The molecule has 0 spiro atoms. The average Bonchev–Trinajstić information content (AvgIpc) is 3.10. The van der Waals surface area contributed by atoms with E-state index in [4.69, 9.17) is 0 Å². The smallest absolute Gasteiger partial charge is 0.147 e. The Morgan fingerprint density at radius 1 is 1.15 bits per heavy atom. The highest BCUT2D eigenvalue weighted by atomic mass is 79.9. The Morgan fingerprint density at radius 3 is 2.60 bits per heavy atom. The summed E-state index contributed by atoms with van der Waals surface area (Å²) in [5.74, 6) is 0. The van der Waals surface area contributed by atoms with Gasteiger partial charge in [0.05, 0.1) is 0 Å². The Labute approximate surface area is 139 Å². The van der Waals surface area contributed by atoms with Crippen LogP contribution in [0.4, 0.5) is 0 Å². The third-order valence-corrected chi connectivity index (χ3v) is 5.10. The number of hydrogen-bond acceptors (Lipinski definition) is 4. The molecule has 0 bridgehead atoms. The predicted molar refractivity (Wildman–Crippen MR) is 90.1 cm³/mol. The van der Waals surface area contributed by atoms with Crippen molar-refractivity contribution in [3.8, 4) is 10.6 Å². The maximum absolute atomic E-state index is 4.30. The molecule has 1 aliphatic carbocycles. The van der Waals surface area contributed by atoms with Crippen molar-refractivity contribution in [3.63, 3.8) is 0 Å². The minimum Gasteiger partial charge on any atom is -0.314 e. The van der Waals surface area contributed by atoms with Crippen LogP contribution in [0.25, 0.3) is 10.6 Å². The number of benzene rings is 1. The largest absolute Gasteiger partial charge is 0.314 e. The average molecular weight is 417 g/mol. The first kappa shape index (κ1) is 14.6. The van der Waals surface area contributed by atoms with Gasteiger partial charge >= 0.3 is 0 Å². The molecule has 1 saturated carbocycles. The molecule has 0 radical (unpaired) electrons. The quantitative estimate of drug-likeness (QED) is 0.708. The van der Waals surface area contributed by atoms with Crippen LogP contribution in [0.3, 0.4) is 0 Å². The van der Waals surface area contributed by atoms with Gasteiger partial charge in [-0.25, -0.2) is 0 Å². The van der Waals surface area contributed by atoms with E-state index in [9.17, 15) is 0 Å². The molecule has 0 amide bonds. The van der Waals surface area contributed by atoms with E-state index in [0.717, 1.165) is 50.0 Å². The van der Waals surface area contributed by atoms with Crippen molar-refractivity contribution in [1.82, 2.24) is 15.5 Å². The number of nitrogens with zero attached hydrogens (tertiary/aromatic N) is 2. The van der Waals surface area contributed by atoms with E-state index in [1.807, 2.05) is 6.07 Å². The first-order valence-corrected chi connectivity index (χ1v) is 9.13. The SMILES string of the molecule is Brc1cc(Br)cc(-c2nnc(CCCNC3CC3)s2)c1. The van der Waals surface area contributed by atoms with Gasteiger partial charge in [-0.2, -0.15) is 0 Å². The van der Waals surface area contributed by atoms with E-state index >= 15 is 0 Å². The zero-order valence-electron chi connectivity index (χ0n) is 10.9. The molecule has 2 aromatic rings. The summed E-state index contributed by atoms with van der Waals surface area (Å²) in [5.41, 5.74) is 1.10. The zero-order chi connectivity index (χ0) is 13.9. The lowest BCUT2D eigenvalue weighted by atomic mass is 10.2. The summed E-state index contributed by atoms with van der Waals surface area (Å²) in [6.07, 6.45) is 4.83. The van der Waals surface area contributed by atoms with Crippen LogP contribution >= 0.6 is 43.2 Å². The standard InChI is InChI=1S/C14H15Br2N3S/c15-10-6-9(7-11(16)8-10)14-19-18-13(20-14)2-1-5-17-12-3-4-12/h6-8,12,17H,1-5H2. The second kappa shape index (κ2) is 6.64. The molecule has 0 unspecified atom stereocenters. The number of aryl methyl sites for hydroxylation is 1. The molecule has 3 nitrogen and oxygen atoms in total. The first-order chi connectivity index (χ1) is 9.70. The van der Waals surface area contributed by atoms with Crippen LogP contribution in [0.5, 0.6) is 0 Å². The lowest BCUT2D eigenvalue weighted by molar-refractivity contribution is 0.643. The molecule has 3 rings (SSSR count). The van der Waals surface area contributed by atoms with Gasteiger partial charge in [-0.15, -0.1) is 10.2 Å². The number of halogens is 2. The van der Waals surface area contributed by atoms with E-state index in [0.29, 0.717) is 0 Å². The third kappa shape index (κ3) is 4.10. The van der Waals surface area contributed by atoms with Gasteiger partial charge in [-0.1, -0.05) is 43.2 Å². The van der Waals surface area contributed by atoms with Crippen LogP contribution in [0.1, 0.15) is 24.3 Å². The third-order valence-electron chi connectivity index (χ3n) is 3.15. The van der Waals surface area contributed by atoms with Crippen molar-refractivity contribution >= 4 is 43.2 Å². The molecular formula is C14H15Br2N3S. The summed E-state index contributed by atoms with van der Waals surface area (Å²) in [6.45, 7) is 1.09. The zero-order valence-corrected chi connectivity index (χ0v) is 14.9. The highest BCUT2D eigenvalue weighted by Gasteiger charge is 2.19. The van der Waals surface area contributed by atoms with Crippen LogP contribution < -0.4 is 5.32 Å². The van der Waals surface area contributed by atoms with Gasteiger partial charge in [0, 0.05) is 27.0 Å². The summed E-state index contributed by atoms with van der Waals surface area (Å²) in [4.78, 5) is 0. The van der Waals surface area contributed by atoms with E-state index in [-0.39, 0.29) is 0 Å².